The molecule has 1 unspecified atom stereocenters. The van der Waals surface area contributed by atoms with Crippen molar-refractivity contribution in [2.75, 3.05) is 19.8 Å². The molecule has 0 saturated carbocycles. The van der Waals surface area contributed by atoms with Crippen LogP contribution in [0.15, 0.2) is 0 Å². The zero-order valence-electron chi connectivity index (χ0n) is 9.99. The van der Waals surface area contributed by atoms with Gasteiger partial charge in [-0.15, -0.1) is 0 Å². The fourth-order valence-corrected chi connectivity index (χ4v) is 1.31. The van der Waals surface area contributed by atoms with Crippen molar-refractivity contribution in [3.05, 3.63) is 0 Å². The topological polar surface area (TPSA) is 75.6 Å². The summed E-state index contributed by atoms with van der Waals surface area (Å²) in [6.45, 7) is 5.59. The molecule has 5 nitrogen and oxygen atoms in total. The van der Waals surface area contributed by atoms with Gasteiger partial charge in [-0.1, -0.05) is 6.92 Å². The molecule has 0 bridgehead atoms. The Morgan fingerprint density at radius 2 is 2.06 bits per heavy atom. The third kappa shape index (κ3) is 9.45. The van der Waals surface area contributed by atoms with E-state index in [0.29, 0.717) is 19.8 Å². The lowest BCUT2D eigenvalue weighted by Crippen LogP contribution is -2.27. The van der Waals surface area contributed by atoms with Crippen LogP contribution in [0.2, 0.25) is 0 Å². The molecule has 0 aliphatic carbocycles. The number of hydrogen-bond donors (Lipinski definition) is 2. The highest BCUT2D eigenvalue weighted by Gasteiger charge is 2.11. The standard InChI is InChI=1S/C11H21NO4/c1-3-16-6-4-5-12-10(13)7-9(2)8-11(14)15/h9H,3-8H2,1-2H3,(H,12,13)(H,14,15). The van der Waals surface area contributed by atoms with Crippen molar-refractivity contribution in [1.82, 2.24) is 5.32 Å². The third-order valence-corrected chi connectivity index (χ3v) is 2.05. The molecule has 0 rings (SSSR count). The van der Waals surface area contributed by atoms with Crippen LogP contribution in [0.5, 0.6) is 0 Å². The first-order chi connectivity index (χ1) is 7.56. The minimum Gasteiger partial charge on any atom is -0.481 e. The molecule has 0 aliphatic heterocycles. The van der Waals surface area contributed by atoms with Gasteiger partial charge in [0.2, 0.25) is 5.91 Å². The van der Waals surface area contributed by atoms with E-state index >= 15 is 0 Å². The first-order valence-corrected chi connectivity index (χ1v) is 5.62. The van der Waals surface area contributed by atoms with Crippen LogP contribution in [0.1, 0.15) is 33.1 Å². The Morgan fingerprint density at radius 3 is 2.62 bits per heavy atom. The van der Waals surface area contributed by atoms with E-state index in [1.807, 2.05) is 6.92 Å². The summed E-state index contributed by atoms with van der Waals surface area (Å²) in [7, 11) is 0. The van der Waals surface area contributed by atoms with Crippen LogP contribution in [0.4, 0.5) is 0 Å². The van der Waals surface area contributed by atoms with E-state index in [9.17, 15) is 9.59 Å². The van der Waals surface area contributed by atoms with Gasteiger partial charge in [-0.3, -0.25) is 9.59 Å². The molecule has 0 radical (unpaired) electrons. The molecule has 0 aromatic heterocycles. The van der Waals surface area contributed by atoms with Gasteiger partial charge in [-0.2, -0.15) is 0 Å². The summed E-state index contributed by atoms with van der Waals surface area (Å²) in [6, 6.07) is 0. The molecular formula is C11H21NO4. The molecule has 1 amide bonds. The van der Waals surface area contributed by atoms with Crippen molar-refractivity contribution in [1.29, 1.82) is 0 Å². The van der Waals surface area contributed by atoms with Gasteiger partial charge in [0.15, 0.2) is 0 Å². The number of carboxylic acids is 1. The zero-order valence-corrected chi connectivity index (χ0v) is 9.99. The van der Waals surface area contributed by atoms with Gasteiger partial charge in [0.05, 0.1) is 0 Å². The lowest BCUT2D eigenvalue weighted by Gasteiger charge is -2.09. The number of rotatable bonds is 9. The van der Waals surface area contributed by atoms with Crippen molar-refractivity contribution in [2.24, 2.45) is 5.92 Å². The molecule has 0 aromatic carbocycles. The largest absolute Gasteiger partial charge is 0.481 e. The summed E-state index contributed by atoms with van der Waals surface area (Å²) in [5, 5.41) is 11.3. The number of carbonyl (C=O) groups is 2. The van der Waals surface area contributed by atoms with Crippen molar-refractivity contribution in [3.8, 4) is 0 Å². The molecule has 0 aliphatic rings. The van der Waals surface area contributed by atoms with Crippen LogP contribution in [0, 0.1) is 5.92 Å². The zero-order chi connectivity index (χ0) is 12.4. The SMILES string of the molecule is CCOCCCNC(=O)CC(C)CC(=O)O. The van der Waals surface area contributed by atoms with Crippen molar-refractivity contribution in [3.63, 3.8) is 0 Å². The monoisotopic (exact) mass is 231 g/mol. The molecular weight excluding hydrogens is 210 g/mol. The van der Waals surface area contributed by atoms with E-state index in [4.69, 9.17) is 9.84 Å². The average Bonchev–Trinajstić information content (AvgIpc) is 2.15. The maximum atomic E-state index is 11.3. The maximum Gasteiger partial charge on any atom is 0.303 e. The highest BCUT2D eigenvalue weighted by atomic mass is 16.5. The Morgan fingerprint density at radius 1 is 1.38 bits per heavy atom. The lowest BCUT2D eigenvalue weighted by atomic mass is 10.0. The molecule has 0 aromatic rings. The van der Waals surface area contributed by atoms with E-state index in [-0.39, 0.29) is 24.7 Å². The summed E-state index contributed by atoms with van der Waals surface area (Å²) in [5.74, 6) is -1.08. The number of hydrogen-bond acceptors (Lipinski definition) is 3. The minimum atomic E-state index is -0.864. The fourth-order valence-electron chi connectivity index (χ4n) is 1.31. The van der Waals surface area contributed by atoms with Crippen molar-refractivity contribution in [2.45, 2.75) is 33.1 Å². The van der Waals surface area contributed by atoms with Crippen molar-refractivity contribution >= 4 is 11.9 Å². The number of nitrogens with one attached hydrogen (secondary N) is 1. The van der Waals surface area contributed by atoms with Gasteiger partial charge in [-0.05, 0) is 19.3 Å². The molecule has 0 spiro atoms. The predicted octanol–water partition coefficient (Wildman–Crippen LogP) is 1.03. The first kappa shape index (κ1) is 14.9. The second-order valence-electron chi connectivity index (χ2n) is 3.81. The molecule has 94 valence electrons. The van der Waals surface area contributed by atoms with Crippen LogP contribution >= 0.6 is 0 Å². The Labute approximate surface area is 96.2 Å². The van der Waals surface area contributed by atoms with Gasteiger partial charge >= 0.3 is 5.97 Å². The highest BCUT2D eigenvalue weighted by molar-refractivity contribution is 5.77. The summed E-state index contributed by atoms with van der Waals surface area (Å²) in [6.07, 6.45) is 1.08. The molecule has 0 heterocycles. The summed E-state index contributed by atoms with van der Waals surface area (Å²) in [5.41, 5.74) is 0. The smallest absolute Gasteiger partial charge is 0.303 e. The van der Waals surface area contributed by atoms with Crippen LogP contribution in [-0.2, 0) is 14.3 Å². The summed E-state index contributed by atoms with van der Waals surface area (Å²) >= 11 is 0. The quantitative estimate of drug-likeness (QED) is 0.581. The maximum absolute atomic E-state index is 11.3. The second kappa shape index (κ2) is 9.15. The first-order valence-electron chi connectivity index (χ1n) is 5.62. The average molecular weight is 231 g/mol. The van der Waals surface area contributed by atoms with Crippen LogP contribution < -0.4 is 5.32 Å². The summed E-state index contributed by atoms with van der Waals surface area (Å²) < 4.78 is 5.12. The second-order valence-corrected chi connectivity index (χ2v) is 3.81. The number of ether oxygens (including phenoxy) is 1. The molecule has 0 saturated heterocycles. The normalized spacial score (nSPS) is 12.1. The van der Waals surface area contributed by atoms with Gasteiger partial charge in [0, 0.05) is 32.6 Å². The van der Waals surface area contributed by atoms with Gasteiger partial charge in [-0.25, -0.2) is 0 Å². The van der Waals surface area contributed by atoms with Crippen LogP contribution in [-0.4, -0.2) is 36.7 Å². The lowest BCUT2D eigenvalue weighted by molar-refractivity contribution is -0.138. The van der Waals surface area contributed by atoms with Gasteiger partial charge in [0.25, 0.3) is 0 Å². The van der Waals surface area contributed by atoms with Gasteiger partial charge < -0.3 is 15.2 Å². The number of carboxylic acid groups (broad SMARTS) is 1. The Balaban J connectivity index is 3.47. The highest BCUT2D eigenvalue weighted by Crippen LogP contribution is 2.06. The van der Waals surface area contributed by atoms with Crippen LogP contribution in [0.25, 0.3) is 0 Å². The minimum absolute atomic E-state index is 0.0341. The van der Waals surface area contributed by atoms with Crippen molar-refractivity contribution < 1.29 is 19.4 Å². The van der Waals surface area contributed by atoms with E-state index in [1.165, 1.54) is 0 Å². The fraction of sp³-hybridized carbons (Fsp3) is 0.818. The van der Waals surface area contributed by atoms with E-state index in [0.717, 1.165) is 6.42 Å². The van der Waals surface area contributed by atoms with E-state index < -0.39 is 5.97 Å². The van der Waals surface area contributed by atoms with E-state index in [1.54, 1.807) is 6.92 Å². The Bertz CT molecular complexity index is 218. The van der Waals surface area contributed by atoms with Crippen LogP contribution in [0.3, 0.4) is 0 Å². The Kier molecular flexibility index (Phi) is 8.52. The van der Waals surface area contributed by atoms with Gasteiger partial charge in [0.1, 0.15) is 0 Å². The number of aliphatic carboxylic acids is 1. The molecule has 2 N–H and O–H groups in total. The predicted molar refractivity (Wildman–Crippen MR) is 60.2 cm³/mol. The number of amides is 1. The molecule has 5 heteroatoms. The molecule has 1 atom stereocenters. The van der Waals surface area contributed by atoms with E-state index in [2.05, 4.69) is 5.32 Å². The Hall–Kier alpha value is -1.10. The molecule has 16 heavy (non-hydrogen) atoms. The third-order valence-electron chi connectivity index (χ3n) is 2.05. The molecule has 0 fully saturated rings. The summed E-state index contributed by atoms with van der Waals surface area (Å²) in [4.78, 5) is 21.7. The number of carbonyl (C=O) groups excluding carboxylic acids is 1.